The monoisotopic (exact) mass is 323 g/mol. The number of hydrogen-bond acceptors (Lipinski definition) is 4. The molecule has 0 unspecified atom stereocenters. The second-order valence-corrected chi connectivity index (χ2v) is 6.04. The second kappa shape index (κ2) is 8.26. The van der Waals surface area contributed by atoms with E-state index in [1.165, 1.54) is 12.1 Å². The number of rotatable bonds is 6. The highest BCUT2D eigenvalue weighted by Gasteiger charge is 2.26. The van der Waals surface area contributed by atoms with Crippen molar-refractivity contribution in [1.29, 1.82) is 0 Å². The smallest absolute Gasteiger partial charge is 0.237 e. The van der Waals surface area contributed by atoms with E-state index in [0.717, 1.165) is 31.9 Å². The standard InChI is InChI=1S/C17H26FN3O2/c1-13(12-23-3)19-17(22)14(2)20-8-10-21(11-9-20)16-6-4-15(18)5-7-16/h4-7,13-14H,8-12H2,1-3H3,(H,19,22)/t13-,14+/m0/s1. The predicted octanol–water partition coefficient (Wildman–Crippen LogP) is 1.49. The maximum atomic E-state index is 13.0. The number of carbonyl (C=O) groups is 1. The molecule has 0 radical (unpaired) electrons. The fraction of sp³-hybridized carbons (Fsp3) is 0.588. The molecule has 1 amide bonds. The summed E-state index contributed by atoms with van der Waals surface area (Å²) in [5, 5.41) is 2.97. The molecule has 23 heavy (non-hydrogen) atoms. The van der Waals surface area contributed by atoms with E-state index < -0.39 is 0 Å². The minimum Gasteiger partial charge on any atom is -0.383 e. The Morgan fingerprint density at radius 1 is 1.22 bits per heavy atom. The van der Waals surface area contributed by atoms with Crippen LogP contribution in [-0.2, 0) is 9.53 Å². The SMILES string of the molecule is COC[C@H](C)NC(=O)[C@@H](C)N1CCN(c2ccc(F)cc2)CC1. The third kappa shape index (κ3) is 4.91. The Morgan fingerprint density at radius 2 is 1.83 bits per heavy atom. The molecular formula is C17H26FN3O2. The second-order valence-electron chi connectivity index (χ2n) is 6.04. The molecule has 1 fully saturated rings. The molecule has 1 aliphatic rings. The molecule has 1 aliphatic heterocycles. The van der Waals surface area contributed by atoms with Crippen molar-refractivity contribution in [3.8, 4) is 0 Å². The van der Waals surface area contributed by atoms with Gasteiger partial charge in [0.05, 0.1) is 12.6 Å². The Bertz CT molecular complexity index is 501. The highest BCUT2D eigenvalue weighted by atomic mass is 19.1. The summed E-state index contributed by atoms with van der Waals surface area (Å²) in [4.78, 5) is 16.6. The van der Waals surface area contributed by atoms with Crippen molar-refractivity contribution in [2.45, 2.75) is 25.9 Å². The number of benzene rings is 1. The predicted molar refractivity (Wildman–Crippen MR) is 89.1 cm³/mol. The summed E-state index contributed by atoms with van der Waals surface area (Å²) in [5.74, 6) is -0.187. The minimum absolute atomic E-state index is 0.00968. The number of ether oxygens (including phenoxy) is 1. The number of methoxy groups -OCH3 is 1. The molecule has 1 N–H and O–H groups in total. The van der Waals surface area contributed by atoms with Gasteiger partial charge < -0.3 is 15.0 Å². The zero-order valence-electron chi connectivity index (χ0n) is 14.1. The van der Waals surface area contributed by atoms with Crippen LogP contribution in [0.5, 0.6) is 0 Å². The number of anilines is 1. The highest BCUT2D eigenvalue weighted by molar-refractivity contribution is 5.81. The topological polar surface area (TPSA) is 44.8 Å². The molecule has 6 heteroatoms. The Kier molecular flexibility index (Phi) is 6.36. The summed E-state index contributed by atoms with van der Waals surface area (Å²) in [6.07, 6.45) is 0. The average Bonchev–Trinajstić information content (AvgIpc) is 2.55. The van der Waals surface area contributed by atoms with Crippen LogP contribution in [0.2, 0.25) is 0 Å². The van der Waals surface area contributed by atoms with Crippen molar-refractivity contribution < 1.29 is 13.9 Å². The third-order valence-electron chi connectivity index (χ3n) is 4.24. The fourth-order valence-corrected chi connectivity index (χ4v) is 2.84. The minimum atomic E-state index is -0.220. The lowest BCUT2D eigenvalue weighted by molar-refractivity contribution is -0.127. The van der Waals surface area contributed by atoms with Crippen LogP contribution in [0.25, 0.3) is 0 Å². The van der Waals surface area contributed by atoms with Crippen LogP contribution in [0.1, 0.15) is 13.8 Å². The maximum absolute atomic E-state index is 13.0. The summed E-state index contributed by atoms with van der Waals surface area (Å²) in [5.41, 5.74) is 1.02. The van der Waals surface area contributed by atoms with Crippen LogP contribution in [0.4, 0.5) is 10.1 Å². The maximum Gasteiger partial charge on any atom is 0.237 e. The van der Waals surface area contributed by atoms with Crippen molar-refractivity contribution in [2.24, 2.45) is 0 Å². The van der Waals surface area contributed by atoms with Gasteiger partial charge in [-0.2, -0.15) is 0 Å². The van der Waals surface area contributed by atoms with Gasteiger partial charge in [-0.25, -0.2) is 4.39 Å². The molecule has 0 spiro atoms. The van der Waals surface area contributed by atoms with E-state index in [0.29, 0.717) is 6.61 Å². The number of piperazine rings is 1. The molecule has 1 saturated heterocycles. The molecule has 0 saturated carbocycles. The first-order chi connectivity index (χ1) is 11.0. The van der Waals surface area contributed by atoms with Crippen molar-refractivity contribution >= 4 is 11.6 Å². The summed E-state index contributed by atoms with van der Waals surface area (Å²) < 4.78 is 18.0. The van der Waals surface area contributed by atoms with Gasteiger partial charge in [0.25, 0.3) is 0 Å². The van der Waals surface area contributed by atoms with Gasteiger partial charge in [-0.05, 0) is 38.1 Å². The zero-order valence-corrected chi connectivity index (χ0v) is 14.1. The normalized spacial score (nSPS) is 18.5. The molecular weight excluding hydrogens is 297 g/mol. The Morgan fingerprint density at radius 3 is 2.39 bits per heavy atom. The summed E-state index contributed by atoms with van der Waals surface area (Å²) in [6, 6.07) is 6.41. The number of carbonyl (C=O) groups excluding carboxylic acids is 1. The van der Waals surface area contributed by atoms with E-state index in [4.69, 9.17) is 4.74 Å². The molecule has 1 heterocycles. The van der Waals surface area contributed by atoms with Crippen LogP contribution < -0.4 is 10.2 Å². The van der Waals surface area contributed by atoms with Crippen molar-refractivity contribution in [1.82, 2.24) is 10.2 Å². The highest BCUT2D eigenvalue weighted by Crippen LogP contribution is 2.17. The Labute approximate surface area is 137 Å². The average molecular weight is 323 g/mol. The van der Waals surface area contributed by atoms with E-state index in [1.807, 2.05) is 13.8 Å². The van der Waals surface area contributed by atoms with Gasteiger partial charge in [0.1, 0.15) is 5.82 Å². The Hall–Kier alpha value is -1.66. The molecule has 0 aliphatic carbocycles. The lowest BCUT2D eigenvalue weighted by Crippen LogP contribution is -2.55. The van der Waals surface area contributed by atoms with Crippen molar-refractivity contribution in [2.75, 3.05) is 44.8 Å². The zero-order chi connectivity index (χ0) is 16.8. The largest absolute Gasteiger partial charge is 0.383 e. The van der Waals surface area contributed by atoms with Gasteiger partial charge in [0.2, 0.25) is 5.91 Å². The number of hydrogen-bond donors (Lipinski definition) is 1. The van der Waals surface area contributed by atoms with Gasteiger partial charge in [0, 0.05) is 45.0 Å². The molecule has 1 aromatic carbocycles. The first kappa shape index (κ1) is 17.7. The first-order valence-electron chi connectivity index (χ1n) is 8.05. The van der Waals surface area contributed by atoms with Gasteiger partial charge in [-0.3, -0.25) is 9.69 Å². The lowest BCUT2D eigenvalue weighted by atomic mass is 10.2. The molecule has 1 aromatic rings. The third-order valence-corrected chi connectivity index (χ3v) is 4.24. The van der Waals surface area contributed by atoms with Gasteiger partial charge in [0.15, 0.2) is 0 Å². The van der Waals surface area contributed by atoms with Gasteiger partial charge in [-0.15, -0.1) is 0 Å². The fourth-order valence-electron chi connectivity index (χ4n) is 2.84. The molecule has 2 atom stereocenters. The van der Waals surface area contributed by atoms with Crippen LogP contribution in [0.15, 0.2) is 24.3 Å². The van der Waals surface area contributed by atoms with Crippen LogP contribution in [0.3, 0.4) is 0 Å². The lowest BCUT2D eigenvalue weighted by Gasteiger charge is -2.38. The first-order valence-corrected chi connectivity index (χ1v) is 8.05. The van der Waals surface area contributed by atoms with Crippen molar-refractivity contribution in [3.63, 3.8) is 0 Å². The quantitative estimate of drug-likeness (QED) is 0.861. The van der Waals surface area contributed by atoms with E-state index in [2.05, 4.69) is 15.1 Å². The Balaban J connectivity index is 1.83. The summed E-state index contributed by atoms with van der Waals surface area (Å²) in [7, 11) is 1.63. The molecule has 128 valence electrons. The number of amides is 1. The van der Waals surface area contributed by atoms with Gasteiger partial charge in [-0.1, -0.05) is 0 Å². The van der Waals surface area contributed by atoms with E-state index in [9.17, 15) is 9.18 Å². The molecule has 5 nitrogen and oxygen atoms in total. The number of halogens is 1. The van der Waals surface area contributed by atoms with Crippen LogP contribution in [0, 0.1) is 5.82 Å². The van der Waals surface area contributed by atoms with E-state index in [1.54, 1.807) is 19.2 Å². The van der Waals surface area contributed by atoms with Crippen LogP contribution in [-0.4, -0.2) is 62.8 Å². The number of nitrogens with zero attached hydrogens (tertiary/aromatic N) is 2. The van der Waals surface area contributed by atoms with Gasteiger partial charge >= 0.3 is 0 Å². The van der Waals surface area contributed by atoms with Crippen LogP contribution >= 0.6 is 0 Å². The van der Waals surface area contributed by atoms with E-state index >= 15 is 0 Å². The molecule has 2 rings (SSSR count). The molecule has 0 bridgehead atoms. The van der Waals surface area contributed by atoms with Crippen molar-refractivity contribution in [3.05, 3.63) is 30.1 Å². The molecule has 0 aromatic heterocycles. The summed E-state index contributed by atoms with van der Waals surface area (Å²) >= 11 is 0. The summed E-state index contributed by atoms with van der Waals surface area (Å²) in [6.45, 7) is 7.66. The number of nitrogens with one attached hydrogen (secondary N) is 1. The van der Waals surface area contributed by atoms with E-state index in [-0.39, 0.29) is 23.8 Å².